The molecule has 6 rings (SSSR count). The summed E-state index contributed by atoms with van der Waals surface area (Å²) >= 11 is 0. The number of rotatable bonds is 9. The van der Waals surface area contributed by atoms with Gasteiger partial charge in [0.15, 0.2) is 23.2 Å². The molecule has 1 saturated heterocycles. The average Bonchev–Trinajstić information content (AvgIpc) is 3.66. The number of hydrogen-bond acceptors (Lipinski definition) is 8. The van der Waals surface area contributed by atoms with Crippen molar-refractivity contribution in [3.63, 3.8) is 0 Å². The molecule has 1 aliphatic rings. The van der Waals surface area contributed by atoms with Crippen molar-refractivity contribution in [1.29, 1.82) is 0 Å². The van der Waals surface area contributed by atoms with Gasteiger partial charge in [0.05, 0.1) is 19.0 Å². The summed E-state index contributed by atoms with van der Waals surface area (Å²) in [7, 11) is -2.82. The van der Waals surface area contributed by atoms with Gasteiger partial charge in [-0.25, -0.2) is 15.0 Å². The Morgan fingerprint density at radius 1 is 0.913 bits per heavy atom. The van der Waals surface area contributed by atoms with Crippen molar-refractivity contribution in [2.75, 3.05) is 11.9 Å². The molecule has 0 bridgehead atoms. The lowest BCUT2D eigenvalue weighted by Gasteiger charge is -2.43. The van der Waals surface area contributed by atoms with Crippen molar-refractivity contribution in [3.05, 3.63) is 109 Å². The lowest BCUT2D eigenvalue weighted by atomic mass is 10.2. The standard InChI is InChI=1S/C35H37N5O5Si/c1-24(41)44-29-20-26(21-43-46(35(2,3)4,27-16-10-6-11-17-27)28-18-12-7-13-19-28)45-34(29)40-23-38-30-31(36-22-37-32(30)40)39-33(42)25-14-8-5-9-15-25/h5-19,22-23,26,29,34H,20-21H2,1-4H3,(H,36,37,39,42)/t26-,29+,34+/m0/s1. The highest BCUT2D eigenvalue weighted by atomic mass is 28.4. The minimum absolute atomic E-state index is 0.207. The second kappa shape index (κ2) is 13.0. The Labute approximate surface area is 268 Å². The predicted octanol–water partition coefficient (Wildman–Crippen LogP) is 4.87. The summed E-state index contributed by atoms with van der Waals surface area (Å²) < 4.78 is 21.2. The van der Waals surface area contributed by atoms with Crippen LogP contribution in [0.1, 0.15) is 50.7 Å². The summed E-state index contributed by atoms with van der Waals surface area (Å²) in [5, 5.41) is 4.96. The fourth-order valence-corrected chi connectivity index (χ4v) is 10.9. The highest BCUT2D eigenvalue weighted by molar-refractivity contribution is 6.99. The van der Waals surface area contributed by atoms with Crippen LogP contribution in [0.15, 0.2) is 104 Å². The summed E-state index contributed by atoms with van der Waals surface area (Å²) in [6, 6.07) is 29.7. The van der Waals surface area contributed by atoms with Crippen molar-refractivity contribution < 1.29 is 23.5 Å². The smallest absolute Gasteiger partial charge is 0.303 e. The van der Waals surface area contributed by atoms with Crippen LogP contribution in [0.25, 0.3) is 11.2 Å². The number of benzene rings is 3. The minimum atomic E-state index is -2.82. The minimum Gasteiger partial charge on any atom is -0.458 e. The molecule has 10 nitrogen and oxygen atoms in total. The SMILES string of the molecule is CC(=O)O[C@@H]1C[C@@H](CO[Si](c2ccccc2)(c2ccccc2)C(C)(C)C)O[C@H]1n1cnc2c(NC(=O)c3ccccc3)ncnc21. The number of nitrogens with zero attached hydrogens (tertiary/aromatic N) is 4. The quantitative estimate of drug-likeness (QED) is 0.180. The van der Waals surface area contributed by atoms with Crippen molar-refractivity contribution in [1.82, 2.24) is 19.5 Å². The molecule has 3 heterocycles. The number of amides is 1. The Balaban J connectivity index is 1.29. The third-order valence-corrected chi connectivity index (χ3v) is 13.3. The molecule has 11 heteroatoms. The third-order valence-electron chi connectivity index (χ3n) is 8.27. The number of imidazole rings is 1. The van der Waals surface area contributed by atoms with Gasteiger partial charge in [-0.05, 0) is 27.5 Å². The predicted molar refractivity (Wildman–Crippen MR) is 177 cm³/mol. The van der Waals surface area contributed by atoms with Crippen molar-refractivity contribution in [2.24, 2.45) is 0 Å². The fourth-order valence-electron chi connectivity index (χ4n) is 6.27. The van der Waals surface area contributed by atoms with E-state index in [2.05, 4.69) is 89.6 Å². The molecule has 0 spiro atoms. The van der Waals surface area contributed by atoms with Crippen molar-refractivity contribution in [3.8, 4) is 0 Å². The third kappa shape index (κ3) is 6.08. The zero-order chi connectivity index (χ0) is 32.3. The van der Waals surface area contributed by atoms with E-state index in [0.29, 0.717) is 29.8 Å². The van der Waals surface area contributed by atoms with E-state index in [9.17, 15) is 9.59 Å². The molecule has 0 saturated carbocycles. The van der Waals surface area contributed by atoms with E-state index in [-0.39, 0.29) is 22.9 Å². The molecule has 0 aliphatic carbocycles. The maximum atomic E-state index is 12.9. The van der Waals surface area contributed by atoms with Gasteiger partial charge in [-0.2, -0.15) is 0 Å². The molecule has 1 N–H and O–H groups in total. The number of anilines is 1. The van der Waals surface area contributed by atoms with E-state index < -0.39 is 26.6 Å². The van der Waals surface area contributed by atoms with Crippen LogP contribution in [-0.2, 0) is 18.7 Å². The summed E-state index contributed by atoms with van der Waals surface area (Å²) in [5.74, 6) is -0.459. The molecule has 0 unspecified atom stereocenters. The van der Waals surface area contributed by atoms with Gasteiger partial charge in [0.25, 0.3) is 14.2 Å². The first-order valence-corrected chi connectivity index (χ1v) is 17.2. The number of carbonyl (C=O) groups excluding carboxylic acids is 2. The highest BCUT2D eigenvalue weighted by Crippen LogP contribution is 2.39. The summed E-state index contributed by atoms with van der Waals surface area (Å²) in [6.45, 7) is 8.36. The first-order chi connectivity index (χ1) is 22.2. The zero-order valence-electron chi connectivity index (χ0n) is 26.3. The van der Waals surface area contributed by atoms with Crippen LogP contribution in [0.5, 0.6) is 0 Å². The fraction of sp³-hybridized carbons (Fsp3) is 0.286. The molecule has 3 atom stereocenters. The van der Waals surface area contributed by atoms with E-state index in [1.54, 1.807) is 35.2 Å². The number of carbonyl (C=O) groups is 2. The van der Waals surface area contributed by atoms with Crippen LogP contribution in [0, 0.1) is 0 Å². The molecule has 236 valence electrons. The number of fused-ring (bicyclic) bond motifs is 1. The topological polar surface area (TPSA) is 117 Å². The van der Waals surface area contributed by atoms with Gasteiger partial charge >= 0.3 is 5.97 Å². The van der Waals surface area contributed by atoms with Crippen molar-refractivity contribution >= 4 is 47.5 Å². The largest absolute Gasteiger partial charge is 0.458 e. The van der Waals surface area contributed by atoms with Gasteiger partial charge in [0, 0.05) is 18.9 Å². The summed E-state index contributed by atoms with van der Waals surface area (Å²) in [6.07, 6.45) is 1.65. The molecule has 1 amide bonds. The number of hydrogen-bond donors (Lipinski definition) is 1. The number of esters is 1. The molecule has 3 aromatic carbocycles. The van der Waals surface area contributed by atoms with Crippen LogP contribution >= 0.6 is 0 Å². The molecule has 2 aromatic heterocycles. The van der Waals surface area contributed by atoms with Gasteiger partial charge in [0.1, 0.15) is 12.4 Å². The summed E-state index contributed by atoms with van der Waals surface area (Å²) in [5.41, 5.74) is 1.32. The van der Waals surface area contributed by atoms with Crippen LogP contribution < -0.4 is 15.7 Å². The Bertz CT molecular complexity index is 1770. The van der Waals surface area contributed by atoms with Crippen LogP contribution in [0.2, 0.25) is 5.04 Å². The van der Waals surface area contributed by atoms with Crippen LogP contribution in [0.3, 0.4) is 0 Å². The number of nitrogens with one attached hydrogen (secondary N) is 1. The van der Waals surface area contributed by atoms with Crippen LogP contribution in [0.4, 0.5) is 5.82 Å². The van der Waals surface area contributed by atoms with Gasteiger partial charge in [-0.15, -0.1) is 0 Å². The second-order valence-electron chi connectivity index (χ2n) is 12.4. The highest BCUT2D eigenvalue weighted by Gasteiger charge is 2.51. The lowest BCUT2D eigenvalue weighted by Crippen LogP contribution is -2.67. The van der Waals surface area contributed by atoms with Gasteiger partial charge in [0.2, 0.25) is 0 Å². The maximum absolute atomic E-state index is 12.9. The Morgan fingerprint density at radius 3 is 2.11 bits per heavy atom. The summed E-state index contributed by atoms with van der Waals surface area (Å²) in [4.78, 5) is 38.3. The normalized spacial score (nSPS) is 18.4. The van der Waals surface area contributed by atoms with E-state index >= 15 is 0 Å². The molecule has 46 heavy (non-hydrogen) atoms. The molecule has 1 aliphatic heterocycles. The number of ether oxygens (including phenoxy) is 2. The molecule has 1 fully saturated rings. The maximum Gasteiger partial charge on any atom is 0.303 e. The number of aromatic nitrogens is 4. The van der Waals surface area contributed by atoms with E-state index in [1.165, 1.54) is 23.6 Å². The monoisotopic (exact) mass is 635 g/mol. The first kappa shape index (κ1) is 31.3. The Kier molecular flexibility index (Phi) is 8.81. The second-order valence-corrected chi connectivity index (χ2v) is 16.7. The first-order valence-electron chi connectivity index (χ1n) is 15.3. The van der Waals surface area contributed by atoms with Gasteiger partial charge in [-0.3, -0.25) is 14.2 Å². The van der Waals surface area contributed by atoms with Crippen LogP contribution in [-0.4, -0.2) is 58.5 Å². The molecular weight excluding hydrogens is 599 g/mol. The van der Waals surface area contributed by atoms with Crippen molar-refractivity contribution in [2.45, 2.75) is 57.6 Å². The van der Waals surface area contributed by atoms with E-state index in [4.69, 9.17) is 13.9 Å². The van der Waals surface area contributed by atoms with Gasteiger partial charge < -0.3 is 19.2 Å². The van der Waals surface area contributed by atoms with E-state index in [0.717, 1.165) is 0 Å². The molecular formula is C35H37N5O5Si. The Hall–Kier alpha value is -4.71. The molecule has 0 radical (unpaired) electrons. The Morgan fingerprint density at radius 2 is 1.52 bits per heavy atom. The molecule has 5 aromatic rings. The zero-order valence-corrected chi connectivity index (χ0v) is 27.3. The van der Waals surface area contributed by atoms with E-state index in [1.807, 2.05) is 18.2 Å². The van der Waals surface area contributed by atoms with Gasteiger partial charge in [-0.1, -0.05) is 99.6 Å². The lowest BCUT2D eigenvalue weighted by molar-refractivity contribution is -0.152. The average molecular weight is 636 g/mol.